The number of nitrogens with one attached hydrogen (secondary N) is 2. The minimum Gasteiger partial charge on any atom is -0.492 e. The Bertz CT molecular complexity index is 623. The van der Waals surface area contributed by atoms with Gasteiger partial charge in [-0.2, -0.15) is 0 Å². The van der Waals surface area contributed by atoms with Crippen molar-refractivity contribution in [3.8, 4) is 5.75 Å². The quantitative estimate of drug-likeness (QED) is 0.300. The Kier molecular flexibility index (Phi) is 11.9. The van der Waals surface area contributed by atoms with Crippen LogP contribution in [0.3, 0.4) is 0 Å². The molecule has 166 valence electrons. The van der Waals surface area contributed by atoms with Gasteiger partial charge in [-0.05, 0) is 46.9 Å². The van der Waals surface area contributed by atoms with Gasteiger partial charge in [-0.1, -0.05) is 25.1 Å². The van der Waals surface area contributed by atoms with Crippen LogP contribution in [0.25, 0.3) is 0 Å². The number of benzene rings is 1. The van der Waals surface area contributed by atoms with E-state index in [4.69, 9.17) is 9.73 Å². The van der Waals surface area contributed by atoms with Gasteiger partial charge in [0.1, 0.15) is 12.4 Å². The second-order valence-electron chi connectivity index (χ2n) is 8.23. The van der Waals surface area contributed by atoms with Crippen LogP contribution in [0.2, 0.25) is 0 Å². The number of likely N-dealkylation sites (tertiary alicyclic amines) is 1. The lowest BCUT2D eigenvalue weighted by Crippen LogP contribution is -2.46. The van der Waals surface area contributed by atoms with Crippen molar-refractivity contribution in [3.05, 3.63) is 29.8 Å². The molecule has 0 radical (unpaired) electrons. The third kappa shape index (κ3) is 8.68. The van der Waals surface area contributed by atoms with Gasteiger partial charge in [0.15, 0.2) is 5.96 Å². The molecule has 0 bridgehead atoms. The van der Waals surface area contributed by atoms with Crippen LogP contribution in [0.4, 0.5) is 0 Å². The minimum absolute atomic E-state index is 0. The van der Waals surface area contributed by atoms with E-state index in [1.807, 2.05) is 18.2 Å². The maximum Gasteiger partial charge on any atom is 0.191 e. The lowest BCUT2D eigenvalue weighted by atomic mass is 10.1. The van der Waals surface area contributed by atoms with E-state index in [2.05, 4.69) is 68.3 Å². The van der Waals surface area contributed by atoms with Crippen molar-refractivity contribution in [1.82, 2.24) is 20.4 Å². The van der Waals surface area contributed by atoms with Crippen LogP contribution < -0.4 is 15.4 Å². The Morgan fingerprint density at radius 3 is 2.62 bits per heavy atom. The number of hydrogen-bond donors (Lipinski definition) is 2. The van der Waals surface area contributed by atoms with Crippen LogP contribution >= 0.6 is 24.0 Å². The van der Waals surface area contributed by atoms with E-state index < -0.39 is 0 Å². The van der Waals surface area contributed by atoms with Crippen molar-refractivity contribution < 1.29 is 4.74 Å². The molecule has 1 aromatic rings. The van der Waals surface area contributed by atoms with Crippen molar-refractivity contribution in [2.24, 2.45) is 10.9 Å². The maximum atomic E-state index is 5.97. The molecule has 2 unspecified atom stereocenters. The smallest absolute Gasteiger partial charge is 0.191 e. The highest BCUT2D eigenvalue weighted by Gasteiger charge is 2.31. The molecule has 0 spiro atoms. The fourth-order valence-corrected chi connectivity index (χ4v) is 3.39. The monoisotopic (exact) mass is 517 g/mol. The molecule has 0 aliphatic carbocycles. The first-order valence-corrected chi connectivity index (χ1v) is 10.5. The van der Waals surface area contributed by atoms with E-state index >= 15 is 0 Å². The van der Waals surface area contributed by atoms with Gasteiger partial charge in [0.2, 0.25) is 0 Å². The first-order chi connectivity index (χ1) is 13.4. The molecule has 1 aromatic carbocycles. The predicted octanol–water partition coefficient (Wildman–Crippen LogP) is 3.03. The Balaban J connectivity index is 0.00000420. The number of para-hydroxylation sites is 1. The zero-order chi connectivity index (χ0) is 20.5. The highest BCUT2D eigenvalue weighted by Crippen LogP contribution is 2.20. The topological polar surface area (TPSA) is 52.1 Å². The second-order valence-corrected chi connectivity index (χ2v) is 8.23. The SMILES string of the molecule is CCNC(=NCc1ccccc1OCCN(C)C)NC1CN(C(C)C)CC1C.I. The number of ether oxygens (including phenoxy) is 1. The summed E-state index contributed by atoms with van der Waals surface area (Å²) in [4.78, 5) is 9.49. The molecule has 1 saturated heterocycles. The molecule has 0 amide bonds. The molecule has 0 aromatic heterocycles. The number of likely N-dealkylation sites (N-methyl/N-ethyl adjacent to an activating group) is 1. The van der Waals surface area contributed by atoms with Crippen molar-refractivity contribution >= 4 is 29.9 Å². The predicted molar refractivity (Wildman–Crippen MR) is 134 cm³/mol. The molecule has 2 atom stereocenters. The van der Waals surface area contributed by atoms with E-state index in [0.717, 1.165) is 43.5 Å². The molecule has 6 nitrogen and oxygen atoms in total. The van der Waals surface area contributed by atoms with Crippen LogP contribution in [0.1, 0.15) is 33.3 Å². The van der Waals surface area contributed by atoms with Crippen molar-refractivity contribution in [1.29, 1.82) is 0 Å². The van der Waals surface area contributed by atoms with Gasteiger partial charge in [-0.3, -0.25) is 4.90 Å². The third-order valence-electron chi connectivity index (χ3n) is 5.21. The van der Waals surface area contributed by atoms with E-state index in [1.165, 1.54) is 0 Å². The number of guanidine groups is 1. The van der Waals surface area contributed by atoms with E-state index in [0.29, 0.717) is 31.2 Å². The third-order valence-corrected chi connectivity index (χ3v) is 5.21. The summed E-state index contributed by atoms with van der Waals surface area (Å²) < 4.78 is 5.97. The largest absolute Gasteiger partial charge is 0.492 e. The molecule has 1 aliphatic rings. The summed E-state index contributed by atoms with van der Waals surface area (Å²) in [5.41, 5.74) is 1.11. The first-order valence-electron chi connectivity index (χ1n) is 10.5. The van der Waals surface area contributed by atoms with Gasteiger partial charge in [0, 0.05) is 43.8 Å². The molecular weight excluding hydrogens is 477 g/mol. The summed E-state index contributed by atoms with van der Waals surface area (Å²) in [5.74, 6) is 2.41. The zero-order valence-corrected chi connectivity index (χ0v) is 21.3. The van der Waals surface area contributed by atoms with Gasteiger partial charge in [0.05, 0.1) is 6.54 Å². The molecule has 1 fully saturated rings. The lowest BCUT2D eigenvalue weighted by molar-refractivity contribution is 0.259. The van der Waals surface area contributed by atoms with Crippen molar-refractivity contribution in [3.63, 3.8) is 0 Å². The Morgan fingerprint density at radius 2 is 2.00 bits per heavy atom. The highest BCUT2D eigenvalue weighted by atomic mass is 127. The number of rotatable bonds is 9. The molecule has 2 N–H and O–H groups in total. The van der Waals surface area contributed by atoms with E-state index in [-0.39, 0.29) is 24.0 Å². The zero-order valence-electron chi connectivity index (χ0n) is 18.9. The van der Waals surface area contributed by atoms with Crippen LogP contribution in [0.15, 0.2) is 29.3 Å². The highest BCUT2D eigenvalue weighted by molar-refractivity contribution is 14.0. The molecule has 0 saturated carbocycles. The summed E-state index contributed by atoms with van der Waals surface area (Å²) >= 11 is 0. The Hall–Kier alpha value is -1.06. The van der Waals surface area contributed by atoms with E-state index in [9.17, 15) is 0 Å². The van der Waals surface area contributed by atoms with Gasteiger partial charge in [-0.15, -0.1) is 24.0 Å². The number of nitrogens with zero attached hydrogens (tertiary/aromatic N) is 3. The van der Waals surface area contributed by atoms with Crippen LogP contribution in [0.5, 0.6) is 5.75 Å². The lowest BCUT2D eigenvalue weighted by Gasteiger charge is -2.22. The first kappa shape index (κ1) is 26.0. The Morgan fingerprint density at radius 1 is 1.28 bits per heavy atom. The summed E-state index contributed by atoms with van der Waals surface area (Å²) in [6, 6.07) is 9.19. The fourth-order valence-electron chi connectivity index (χ4n) is 3.39. The molecular formula is C22H40IN5O. The van der Waals surface area contributed by atoms with Crippen molar-refractivity contribution in [2.75, 3.05) is 46.9 Å². The van der Waals surface area contributed by atoms with E-state index in [1.54, 1.807) is 0 Å². The van der Waals surface area contributed by atoms with Gasteiger partial charge in [-0.25, -0.2) is 4.99 Å². The van der Waals surface area contributed by atoms with Crippen LogP contribution in [-0.4, -0.2) is 74.7 Å². The molecule has 1 aliphatic heterocycles. The summed E-state index contributed by atoms with van der Waals surface area (Å²) in [6.45, 7) is 14.2. The minimum atomic E-state index is 0. The van der Waals surface area contributed by atoms with Crippen molar-refractivity contribution in [2.45, 2.75) is 46.3 Å². The average Bonchev–Trinajstić information content (AvgIpc) is 3.01. The molecule has 29 heavy (non-hydrogen) atoms. The number of hydrogen-bond acceptors (Lipinski definition) is 4. The second kappa shape index (κ2) is 13.3. The summed E-state index contributed by atoms with van der Waals surface area (Å²) in [5, 5.41) is 7.04. The molecule has 7 heteroatoms. The standard InChI is InChI=1S/C22H39N5O.HI/c1-7-23-22(25-20-16-27(17(2)3)15-18(20)4)24-14-19-10-8-9-11-21(19)28-13-12-26(5)6;/h8-11,17-18,20H,7,12-16H2,1-6H3,(H2,23,24,25);1H. The average molecular weight is 518 g/mol. The maximum absolute atomic E-state index is 5.97. The molecule has 1 heterocycles. The van der Waals surface area contributed by atoms with Gasteiger partial charge in [0.25, 0.3) is 0 Å². The normalized spacial score (nSPS) is 20.1. The summed E-state index contributed by atoms with van der Waals surface area (Å²) in [6.07, 6.45) is 0. The number of halogens is 1. The fraction of sp³-hybridized carbons (Fsp3) is 0.682. The Labute approximate surface area is 194 Å². The summed E-state index contributed by atoms with van der Waals surface area (Å²) in [7, 11) is 4.11. The van der Waals surface area contributed by atoms with Gasteiger partial charge >= 0.3 is 0 Å². The molecule has 2 rings (SSSR count). The van der Waals surface area contributed by atoms with Crippen LogP contribution in [-0.2, 0) is 6.54 Å². The van der Waals surface area contributed by atoms with Crippen LogP contribution in [0, 0.1) is 5.92 Å². The van der Waals surface area contributed by atoms with Gasteiger partial charge < -0.3 is 20.3 Å². The number of aliphatic imine (C=N–C) groups is 1.